The number of allylic oxidation sites excluding steroid dienone is 1. The second-order valence-corrected chi connectivity index (χ2v) is 5.37. The smallest absolute Gasteiger partial charge is 0.0700 e. The molecule has 0 fully saturated rings. The maximum absolute atomic E-state index is 4.76. The first-order valence-corrected chi connectivity index (χ1v) is 7.44. The van der Waals surface area contributed by atoms with Crippen LogP contribution in [0.5, 0.6) is 0 Å². The molecule has 0 heterocycles. The topological polar surface area (TPSA) is 12.4 Å². The van der Waals surface area contributed by atoms with E-state index in [9.17, 15) is 0 Å². The molecule has 0 unspecified atom stereocenters. The Morgan fingerprint density at radius 2 is 1.81 bits per heavy atom. The molecule has 0 aliphatic rings. The molecule has 0 atom stereocenters. The summed E-state index contributed by atoms with van der Waals surface area (Å²) in [6.45, 7) is 12.3. The first kappa shape index (κ1) is 15.2. The summed E-state index contributed by atoms with van der Waals surface area (Å²) in [5.41, 5.74) is 8.41. The predicted molar refractivity (Wildman–Crippen MR) is 93.7 cm³/mol. The fourth-order valence-electron chi connectivity index (χ4n) is 2.59. The van der Waals surface area contributed by atoms with E-state index in [0.29, 0.717) is 0 Å². The molecule has 0 aliphatic carbocycles. The Hall–Kier alpha value is -2.15. The van der Waals surface area contributed by atoms with Gasteiger partial charge in [0.1, 0.15) is 0 Å². The zero-order valence-electron chi connectivity index (χ0n) is 13.4. The van der Waals surface area contributed by atoms with E-state index in [4.69, 9.17) is 4.99 Å². The largest absolute Gasteiger partial charge is 0.253 e. The van der Waals surface area contributed by atoms with E-state index >= 15 is 0 Å². The monoisotopic (exact) mass is 277 g/mol. The van der Waals surface area contributed by atoms with Gasteiger partial charge in [0.05, 0.1) is 5.69 Å². The van der Waals surface area contributed by atoms with E-state index in [2.05, 4.69) is 63.7 Å². The maximum atomic E-state index is 4.76. The normalized spacial score (nSPS) is 11.5. The highest BCUT2D eigenvalue weighted by atomic mass is 14.7. The van der Waals surface area contributed by atoms with Gasteiger partial charge in [0.25, 0.3) is 0 Å². The first-order chi connectivity index (χ1) is 10.1. The number of nitrogens with zero attached hydrogens (tertiary/aromatic N) is 1. The summed E-state index contributed by atoms with van der Waals surface area (Å²) in [6.07, 6.45) is 2.79. The number of hydrogen-bond donors (Lipinski definition) is 0. The summed E-state index contributed by atoms with van der Waals surface area (Å²) >= 11 is 0. The predicted octanol–water partition coefficient (Wildman–Crippen LogP) is 5.81. The average Bonchev–Trinajstić information content (AvgIpc) is 2.50. The maximum Gasteiger partial charge on any atom is 0.0700 e. The van der Waals surface area contributed by atoms with E-state index in [1.54, 1.807) is 6.08 Å². The van der Waals surface area contributed by atoms with Crippen LogP contribution in [0.15, 0.2) is 54.0 Å². The van der Waals surface area contributed by atoms with Gasteiger partial charge in [-0.3, -0.25) is 4.99 Å². The zero-order valence-corrected chi connectivity index (χ0v) is 13.4. The summed E-state index contributed by atoms with van der Waals surface area (Å²) in [7, 11) is 0. The van der Waals surface area contributed by atoms with Gasteiger partial charge in [-0.15, -0.1) is 0 Å². The molecule has 2 aromatic carbocycles. The van der Waals surface area contributed by atoms with Crippen molar-refractivity contribution in [1.82, 2.24) is 0 Å². The molecular formula is C20H23N. The number of benzene rings is 2. The SMILES string of the molecule is C=CC(C)=Nc1c(CC)ccc(-c2ccccc2C)c1C. The molecule has 1 nitrogen and oxygen atoms in total. The van der Waals surface area contributed by atoms with Crippen molar-refractivity contribution < 1.29 is 0 Å². The van der Waals surface area contributed by atoms with Gasteiger partial charge in [-0.1, -0.05) is 49.9 Å². The van der Waals surface area contributed by atoms with Crippen LogP contribution < -0.4 is 0 Å². The molecule has 0 radical (unpaired) electrons. The molecule has 0 N–H and O–H groups in total. The average molecular weight is 277 g/mol. The van der Waals surface area contributed by atoms with Crippen LogP contribution in [0.25, 0.3) is 11.1 Å². The minimum absolute atomic E-state index is 0.953. The molecule has 2 rings (SSSR count). The van der Waals surface area contributed by atoms with Gasteiger partial charge in [0, 0.05) is 5.71 Å². The third-order valence-corrected chi connectivity index (χ3v) is 3.91. The lowest BCUT2D eigenvalue weighted by atomic mass is 9.93. The van der Waals surface area contributed by atoms with Crippen molar-refractivity contribution in [2.45, 2.75) is 34.1 Å². The fraction of sp³-hybridized carbons (Fsp3) is 0.250. The van der Waals surface area contributed by atoms with Crippen molar-refractivity contribution >= 4 is 11.4 Å². The Kier molecular flexibility index (Phi) is 4.74. The van der Waals surface area contributed by atoms with Gasteiger partial charge in [-0.05, 0) is 61.1 Å². The van der Waals surface area contributed by atoms with Crippen molar-refractivity contribution in [1.29, 1.82) is 0 Å². The molecule has 0 amide bonds. The van der Waals surface area contributed by atoms with Crippen LogP contribution in [0.2, 0.25) is 0 Å². The van der Waals surface area contributed by atoms with Crippen molar-refractivity contribution in [2.24, 2.45) is 4.99 Å². The van der Waals surface area contributed by atoms with E-state index < -0.39 is 0 Å². The van der Waals surface area contributed by atoms with Crippen LogP contribution in [0.4, 0.5) is 5.69 Å². The van der Waals surface area contributed by atoms with Gasteiger partial charge in [-0.2, -0.15) is 0 Å². The molecular weight excluding hydrogens is 254 g/mol. The molecule has 0 spiro atoms. The first-order valence-electron chi connectivity index (χ1n) is 7.44. The molecule has 108 valence electrons. The minimum Gasteiger partial charge on any atom is -0.253 e. The highest BCUT2D eigenvalue weighted by molar-refractivity contribution is 5.95. The van der Waals surface area contributed by atoms with Crippen LogP contribution in [-0.4, -0.2) is 5.71 Å². The van der Waals surface area contributed by atoms with Crippen LogP contribution in [-0.2, 0) is 6.42 Å². The van der Waals surface area contributed by atoms with E-state index in [1.165, 1.54) is 27.8 Å². The fourth-order valence-corrected chi connectivity index (χ4v) is 2.59. The lowest BCUT2D eigenvalue weighted by Gasteiger charge is -2.15. The van der Waals surface area contributed by atoms with Gasteiger partial charge in [-0.25, -0.2) is 0 Å². The van der Waals surface area contributed by atoms with Gasteiger partial charge in [0.15, 0.2) is 0 Å². The third kappa shape index (κ3) is 3.13. The molecule has 0 saturated heterocycles. The van der Waals surface area contributed by atoms with Crippen molar-refractivity contribution in [2.75, 3.05) is 0 Å². The quantitative estimate of drug-likeness (QED) is 0.625. The molecule has 2 aromatic rings. The van der Waals surface area contributed by atoms with Gasteiger partial charge in [0.2, 0.25) is 0 Å². The Morgan fingerprint density at radius 3 is 2.43 bits per heavy atom. The summed E-state index contributed by atoms with van der Waals surface area (Å²) in [5, 5.41) is 0. The highest BCUT2D eigenvalue weighted by Crippen LogP contribution is 2.35. The van der Waals surface area contributed by atoms with Gasteiger partial charge >= 0.3 is 0 Å². The van der Waals surface area contributed by atoms with E-state index in [1.807, 2.05) is 6.92 Å². The van der Waals surface area contributed by atoms with Crippen molar-refractivity contribution in [3.05, 3.63) is 65.7 Å². The third-order valence-electron chi connectivity index (χ3n) is 3.91. The highest BCUT2D eigenvalue weighted by Gasteiger charge is 2.11. The molecule has 21 heavy (non-hydrogen) atoms. The summed E-state index contributed by atoms with van der Waals surface area (Å²) < 4.78 is 0. The van der Waals surface area contributed by atoms with Crippen LogP contribution in [0, 0.1) is 13.8 Å². The minimum atomic E-state index is 0.953. The van der Waals surface area contributed by atoms with Gasteiger partial charge < -0.3 is 0 Å². The van der Waals surface area contributed by atoms with E-state index in [-0.39, 0.29) is 0 Å². The molecule has 0 bridgehead atoms. The second-order valence-electron chi connectivity index (χ2n) is 5.37. The number of aliphatic imine (C=N–C) groups is 1. The van der Waals surface area contributed by atoms with Crippen LogP contribution >= 0.6 is 0 Å². The summed E-state index contributed by atoms with van der Waals surface area (Å²) in [4.78, 5) is 4.76. The van der Waals surface area contributed by atoms with Crippen LogP contribution in [0.1, 0.15) is 30.5 Å². The lowest BCUT2D eigenvalue weighted by molar-refractivity contribution is 1.12. The number of rotatable bonds is 4. The Bertz CT molecular complexity index is 693. The number of aryl methyl sites for hydroxylation is 2. The summed E-state index contributed by atoms with van der Waals surface area (Å²) in [5.74, 6) is 0. The Balaban J connectivity index is 2.69. The standard InChI is InChI=1S/C20H23N/c1-6-15(4)21-20-16(5)19(13-12-17(20)7-2)18-11-9-8-10-14(18)3/h6,8-13H,1,7H2,2-5H3. The van der Waals surface area contributed by atoms with Crippen molar-refractivity contribution in [3.8, 4) is 11.1 Å². The van der Waals surface area contributed by atoms with Crippen LogP contribution in [0.3, 0.4) is 0 Å². The lowest BCUT2D eigenvalue weighted by Crippen LogP contribution is -1.93. The van der Waals surface area contributed by atoms with E-state index in [0.717, 1.165) is 17.8 Å². The molecule has 0 aliphatic heterocycles. The second kappa shape index (κ2) is 6.53. The molecule has 0 saturated carbocycles. The Labute approximate surface area is 128 Å². The zero-order chi connectivity index (χ0) is 15.4. The Morgan fingerprint density at radius 1 is 1.10 bits per heavy atom. The summed E-state index contributed by atoms with van der Waals surface area (Å²) in [6, 6.07) is 12.9. The molecule has 1 heteroatoms. The van der Waals surface area contributed by atoms with Crippen molar-refractivity contribution in [3.63, 3.8) is 0 Å². The number of hydrogen-bond acceptors (Lipinski definition) is 1. The molecule has 0 aromatic heterocycles.